The maximum atomic E-state index is 13.3. The van der Waals surface area contributed by atoms with Crippen LogP contribution in [0.25, 0.3) is 6.08 Å². The van der Waals surface area contributed by atoms with Gasteiger partial charge in [0.05, 0.1) is 20.8 Å². The molecule has 1 aliphatic heterocycles. The number of nitrogens with zero attached hydrogens (tertiary/aromatic N) is 2. The van der Waals surface area contributed by atoms with Crippen molar-refractivity contribution in [2.24, 2.45) is 0 Å². The third-order valence-electron chi connectivity index (χ3n) is 5.18. The molecule has 1 aliphatic rings. The molecule has 1 heterocycles. The average Bonchev–Trinajstić information content (AvgIpc) is 2.84. The quantitative estimate of drug-likeness (QED) is 0.347. The third kappa shape index (κ3) is 4.96. The van der Waals surface area contributed by atoms with Crippen molar-refractivity contribution in [2.75, 3.05) is 20.8 Å². The van der Waals surface area contributed by atoms with Crippen LogP contribution in [0.4, 0.5) is 0 Å². The van der Waals surface area contributed by atoms with Crippen LogP contribution in [0.5, 0.6) is 17.2 Å². The summed E-state index contributed by atoms with van der Waals surface area (Å²) in [5.74, 6) is 0.606. The van der Waals surface area contributed by atoms with Gasteiger partial charge in [0, 0.05) is 5.57 Å². The molecule has 7 heteroatoms. The van der Waals surface area contributed by atoms with Gasteiger partial charge >= 0.3 is 0 Å². The van der Waals surface area contributed by atoms with Gasteiger partial charge in [0.2, 0.25) is 0 Å². The average molecular weight is 444 g/mol. The maximum absolute atomic E-state index is 13.3. The first-order chi connectivity index (χ1) is 15.9. The van der Waals surface area contributed by atoms with Crippen LogP contribution in [0, 0.1) is 11.3 Å². The lowest BCUT2D eigenvalue weighted by atomic mass is 9.93. The minimum Gasteiger partial charge on any atom is -0.497 e. The molecule has 0 aromatic heterocycles. The maximum Gasteiger partial charge on any atom is 0.271 e. The van der Waals surface area contributed by atoms with E-state index < -0.39 is 11.8 Å². The summed E-state index contributed by atoms with van der Waals surface area (Å²) in [6.07, 6.45) is 3.27. The minimum atomic E-state index is -0.612. The monoisotopic (exact) mass is 444 g/mol. The van der Waals surface area contributed by atoms with E-state index in [2.05, 4.69) is 6.58 Å². The van der Waals surface area contributed by atoms with Crippen LogP contribution in [-0.4, -0.2) is 37.5 Å². The Balaban J connectivity index is 1.99. The molecule has 33 heavy (non-hydrogen) atoms. The summed E-state index contributed by atoms with van der Waals surface area (Å²) in [5, 5.41) is 9.60. The molecular formula is C26H24N2O5. The van der Waals surface area contributed by atoms with Gasteiger partial charge in [-0.25, -0.2) is 0 Å². The summed E-state index contributed by atoms with van der Waals surface area (Å²) in [7, 11) is 3.08. The Morgan fingerprint density at radius 2 is 1.76 bits per heavy atom. The first kappa shape index (κ1) is 23.4. The van der Waals surface area contributed by atoms with E-state index in [-0.39, 0.29) is 17.7 Å². The van der Waals surface area contributed by atoms with Crippen LogP contribution >= 0.6 is 0 Å². The van der Waals surface area contributed by atoms with E-state index in [1.54, 1.807) is 68.7 Å². The number of carbonyl (C=O) groups excluding carboxylic acids is 2. The number of hydrogen-bond donors (Lipinski definition) is 0. The predicted molar refractivity (Wildman–Crippen MR) is 124 cm³/mol. The predicted octanol–water partition coefficient (Wildman–Crippen LogP) is 4.06. The van der Waals surface area contributed by atoms with E-state index in [1.807, 2.05) is 6.07 Å². The molecular weight excluding hydrogens is 420 g/mol. The van der Waals surface area contributed by atoms with Gasteiger partial charge in [-0.3, -0.25) is 14.5 Å². The molecule has 168 valence electrons. The fourth-order valence-corrected chi connectivity index (χ4v) is 3.40. The molecule has 0 spiro atoms. The Bertz CT molecular complexity index is 1190. The van der Waals surface area contributed by atoms with Gasteiger partial charge in [0.15, 0.2) is 11.5 Å². The highest BCUT2D eigenvalue weighted by Gasteiger charge is 2.35. The van der Waals surface area contributed by atoms with Crippen LogP contribution in [0.1, 0.15) is 18.1 Å². The number of hydrogen-bond acceptors (Lipinski definition) is 6. The molecule has 3 rings (SSSR count). The lowest BCUT2D eigenvalue weighted by Gasteiger charge is -2.27. The Morgan fingerprint density at radius 3 is 2.36 bits per heavy atom. The highest BCUT2D eigenvalue weighted by Crippen LogP contribution is 2.32. The largest absolute Gasteiger partial charge is 0.497 e. The Kier molecular flexibility index (Phi) is 7.31. The van der Waals surface area contributed by atoms with Gasteiger partial charge in [-0.05, 0) is 54.0 Å². The molecule has 2 aromatic carbocycles. The van der Waals surface area contributed by atoms with E-state index in [0.717, 1.165) is 10.5 Å². The van der Waals surface area contributed by atoms with Crippen LogP contribution in [0.15, 0.2) is 71.8 Å². The van der Waals surface area contributed by atoms with Crippen molar-refractivity contribution < 1.29 is 23.8 Å². The number of benzene rings is 2. The third-order valence-corrected chi connectivity index (χ3v) is 5.18. The molecule has 2 amide bonds. The minimum absolute atomic E-state index is 0.0368. The van der Waals surface area contributed by atoms with E-state index in [4.69, 9.17) is 14.2 Å². The van der Waals surface area contributed by atoms with Crippen molar-refractivity contribution >= 4 is 17.9 Å². The Hall–Kier alpha value is -4.31. The molecule has 2 aromatic rings. The van der Waals surface area contributed by atoms with Gasteiger partial charge in [0.1, 0.15) is 24.0 Å². The van der Waals surface area contributed by atoms with E-state index in [9.17, 15) is 14.9 Å². The smallest absolute Gasteiger partial charge is 0.271 e. The summed E-state index contributed by atoms with van der Waals surface area (Å²) in [6, 6.07) is 14.2. The number of imide groups is 1. The number of ether oxygens (including phenoxy) is 3. The van der Waals surface area contributed by atoms with Gasteiger partial charge in [-0.15, -0.1) is 0 Å². The fourth-order valence-electron chi connectivity index (χ4n) is 3.40. The van der Waals surface area contributed by atoms with E-state index >= 15 is 0 Å². The van der Waals surface area contributed by atoms with E-state index in [1.165, 1.54) is 7.11 Å². The summed E-state index contributed by atoms with van der Waals surface area (Å²) in [6.45, 7) is 5.59. The van der Waals surface area contributed by atoms with Crippen molar-refractivity contribution in [1.82, 2.24) is 4.90 Å². The van der Waals surface area contributed by atoms with Crippen LogP contribution in [0.2, 0.25) is 0 Å². The Labute approximate surface area is 192 Å². The second-order valence-corrected chi connectivity index (χ2v) is 7.22. The first-order valence-corrected chi connectivity index (χ1v) is 10.2. The highest BCUT2D eigenvalue weighted by molar-refractivity contribution is 6.19. The molecule has 7 nitrogen and oxygen atoms in total. The van der Waals surface area contributed by atoms with Gasteiger partial charge < -0.3 is 14.2 Å². The number of rotatable bonds is 8. The molecule has 0 radical (unpaired) electrons. The van der Waals surface area contributed by atoms with Gasteiger partial charge in [-0.1, -0.05) is 30.9 Å². The van der Waals surface area contributed by atoms with Gasteiger partial charge in [-0.2, -0.15) is 5.26 Å². The molecule has 0 N–H and O–H groups in total. The van der Waals surface area contributed by atoms with Crippen molar-refractivity contribution in [2.45, 2.75) is 13.5 Å². The number of amides is 2. The molecule has 0 saturated carbocycles. The number of methoxy groups -OCH3 is 2. The topological polar surface area (TPSA) is 88.9 Å². The summed E-state index contributed by atoms with van der Waals surface area (Å²) < 4.78 is 16.1. The van der Waals surface area contributed by atoms with Crippen molar-refractivity contribution in [1.29, 1.82) is 5.26 Å². The summed E-state index contributed by atoms with van der Waals surface area (Å²) in [5.41, 5.74) is 1.94. The fraction of sp³-hybridized carbons (Fsp3) is 0.192. The van der Waals surface area contributed by atoms with E-state index in [0.29, 0.717) is 35.0 Å². The SMILES string of the molecule is C=CCOc1ccc(/C=C2/C(=O)N(Cc3ccc(OC)cc3)C(=O)C(C#N)=C2C)cc1OC. The normalized spacial score (nSPS) is 14.8. The van der Waals surface area contributed by atoms with Crippen molar-refractivity contribution in [3.8, 4) is 23.3 Å². The lowest BCUT2D eigenvalue weighted by molar-refractivity contribution is -0.141. The standard InChI is InChI=1S/C26H24N2O5/c1-5-12-33-23-11-8-19(14-24(23)32-4)13-21-17(2)22(15-27)26(30)28(25(21)29)16-18-6-9-20(31-3)10-7-18/h5-11,13-14H,1,12,16H2,2-4H3/b21-13+. The molecule has 0 fully saturated rings. The van der Waals surface area contributed by atoms with Crippen molar-refractivity contribution in [3.05, 3.63) is 83.0 Å². The first-order valence-electron chi connectivity index (χ1n) is 10.2. The highest BCUT2D eigenvalue weighted by atomic mass is 16.5. The van der Waals surface area contributed by atoms with Crippen molar-refractivity contribution in [3.63, 3.8) is 0 Å². The lowest BCUT2D eigenvalue weighted by Crippen LogP contribution is -2.42. The number of carbonyl (C=O) groups is 2. The Morgan fingerprint density at radius 1 is 1.03 bits per heavy atom. The second kappa shape index (κ2) is 10.3. The summed E-state index contributed by atoms with van der Waals surface area (Å²) >= 11 is 0. The summed E-state index contributed by atoms with van der Waals surface area (Å²) in [4.78, 5) is 27.3. The molecule has 0 saturated heterocycles. The molecule has 0 bridgehead atoms. The molecule has 0 unspecified atom stereocenters. The van der Waals surface area contributed by atoms with Gasteiger partial charge in [0.25, 0.3) is 11.8 Å². The zero-order chi connectivity index (χ0) is 24.0. The number of nitriles is 1. The molecule has 0 atom stereocenters. The molecule has 0 aliphatic carbocycles. The van der Waals surface area contributed by atoms with Crippen LogP contribution in [0.3, 0.4) is 0 Å². The zero-order valence-electron chi connectivity index (χ0n) is 18.8. The zero-order valence-corrected chi connectivity index (χ0v) is 18.8. The van der Waals surface area contributed by atoms with Crippen LogP contribution < -0.4 is 14.2 Å². The van der Waals surface area contributed by atoms with Crippen LogP contribution in [-0.2, 0) is 16.1 Å². The second-order valence-electron chi connectivity index (χ2n) is 7.22.